The average molecular weight is 302 g/mol. The number of hydrogen-bond acceptors (Lipinski definition) is 4. The second kappa shape index (κ2) is 5.20. The Morgan fingerprint density at radius 2 is 2.11 bits per heavy atom. The molecule has 2 rings (SSSR count). The van der Waals surface area contributed by atoms with Gasteiger partial charge in [-0.3, -0.25) is 9.82 Å². The highest BCUT2D eigenvalue weighted by molar-refractivity contribution is 7.92. The number of aromatic amines is 1. The van der Waals surface area contributed by atoms with Crippen molar-refractivity contribution in [2.24, 2.45) is 0 Å². The van der Waals surface area contributed by atoms with Gasteiger partial charge in [0.1, 0.15) is 0 Å². The second-order valence-electron chi connectivity index (χ2n) is 3.88. The van der Waals surface area contributed by atoms with Crippen LogP contribution in [0, 0.1) is 6.92 Å². The highest BCUT2D eigenvalue weighted by Gasteiger charge is 2.24. The summed E-state index contributed by atoms with van der Waals surface area (Å²) in [5.41, 5.74) is 0.996. The van der Waals surface area contributed by atoms with Crippen molar-refractivity contribution in [1.29, 1.82) is 0 Å². The lowest BCUT2D eigenvalue weighted by atomic mass is 10.3. The second-order valence-corrected chi connectivity index (χ2v) is 5.88. The number of aliphatic hydroxyl groups excluding tert-OH is 1. The average Bonchev–Trinajstić information content (AvgIpc) is 2.74. The quantitative estimate of drug-likeness (QED) is 0.800. The number of nitrogens with zero attached hydrogens (tertiary/aromatic N) is 1. The van der Waals surface area contributed by atoms with Gasteiger partial charge in [0.05, 0.1) is 17.3 Å². The molecule has 8 heteroatoms. The summed E-state index contributed by atoms with van der Waals surface area (Å²) in [6.45, 7) is 1.22. The van der Waals surface area contributed by atoms with Crippen LogP contribution in [0.2, 0.25) is 5.02 Å². The van der Waals surface area contributed by atoms with Crippen LogP contribution in [0.1, 0.15) is 11.3 Å². The molecule has 0 unspecified atom stereocenters. The molecular formula is C11H12ClN3O3S. The van der Waals surface area contributed by atoms with Gasteiger partial charge >= 0.3 is 0 Å². The first-order valence-electron chi connectivity index (χ1n) is 5.37. The molecule has 2 aromatic rings. The van der Waals surface area contributed by atoms with E-state index < -0.39 is 16.6 Å². The Morgan fingerprint density at radius 3 is 2.74 bits per heavy atom. The highest BCUT2D eigenvalue weighted by atomic mass is 35.5. The Balaban J connectivity index is 2.41. The minimum Gasteiger partial charge on any atom is -0.392 e. The normalized spacial score (nSPS) is 11.5. The van der Waals surface area contributed by atoms with Crippen LogP contribution in [0.25, 0.3) is 0 Å². The zero-order valence-electron chi connectivity index (χ0n) is 10.0. The number of aryl methyl sites for hydroxylation is 1. The number of anilines is 1. The summed E-state index contributed by atoms with van der Waals surface area (Å²) >= 11 is 5.89. The molecule has 0 amide bonds. The summed E-state index contributed by atoms with van der Waals surface area (Å²) in [5, 5.41) is 15.5. The van der Waals surface area contributed by atoms with Crippen molar-refractivity contribution in [2.45, 2.75) is 18.6 Å². The molecule has 1 aromatic carbocycles. The number of halogens is 1. The van der Waals surface area contributed by atoms with Gasteiger partial charge in [-0.15, -0.1) is 0 Å². The monoisotopic (exact) mass is 301 g/mol. The minimum atomic E-state index is -3.89. The van der Waals surface area contributed by atoms with Crippen molar-refractivity contribution in [1.82, 2.24) is 10.2 Å². The van der Waals surface area contributed by atoms with Gasteiger partial charge in [-0.1, -0.05) is 23.7 Å². The predicted octanol–water partition coefficient (Wildman–Crippen LogP) is 1.66. The van der Waals surface area contributed by atoms with E-state index in [-0.39, 0.29) is 21.3 Å². The zero-order chi connectivity index (χ0) is 14.0. The van der Waals surface area contributed by atoms with E-state index in [4.69, 9.17) is 11.6 Å². The van der Waals surface area contributed by atoms with Crippen molar-refractivity contribution in [3.05, 3.63) is 40.5 Å². The lowest BCUT2D eigenvalue weighted by Gasteiger charge is -2.08. The van der Waals surface area contributed by atoms with Crippen molar-refractivity contribution >= 4 is 27.3 Å². The lowest BCUT2D eigenvalue weighted by Crippen LogP contribution is -2.15. The first-order chi connectivity index (χ1) is 8.95. The van der Waals surface area contributed by atoms with Crippen LogP contribution >= 0.6 is 11.6 Å². The predicted molar refractivity (Wildman–Crippen MR) is 71.5 cm³/mol. The maximum atomic E-state index is 12.2. The van der Waals surface area contributed by atoms with Gasteiger partial charge in [0, 0.05) is 11.3 Å². The molecule has 102 valence electrons. The van der Waals surface area contributed by atoms with E-state index in [1.54, 1.807) is 25.1 Å². The number of rotatable bonds is 4. The molecule has 1 heterocycles. The number of hydrogen-bond donors (Lipinski definition) is 3. The van der Waals surface area contributed by atoms with E-state index in [0.29, 0.717) is 5.69 Å². The first-order valence-corrected chi connectivity index (χ1v) is 7.24. The van der Waals surface area contributed by atoms with Gasteiger partial charge in [-0.05, 0) is 19.1 Å². The van der Waals surface area contributed by atoms with E-state index in [2.05, 4.69) is 14.9 Å². The Kier molecular flexibility index (Phi) is 3.79. The maximum Gasteiger partial charge on any atom is 0.281 e. The molecule has 0 atom stereocenters. The summed E-state index contributed by atoms with van der Waals surface area (Å²) < 4.78 is 26.7. The Hall–Kier alpha value is -1.57. The van der Waals surface area contributed by atoms with Gasteiger partial charge in [0.2, 0.25) is 5.03 Å². The highest BCUT2D eigenvalue weighted by Crippen LogP contribution is 2.25. The minimum absolute atomic E-state index is 0.229. The number of aliphatic hydroxyl groups is 1. The number of H-pyrrole nitrogens is 1. The molecule has 0 saturated heterocycles. The molecule has 1 aromatic heterocycles. The molecule has 0 radical (unpaired) electrons. The standard InChI is InChI=1S/C11H12ClN3O3S/c1-7-8(6-16)11(14-13-7)19(17,18)15-10-5-3-2-4-9(10)12/h2-5,15-16H,6H2,1H3,(H,13,14). The fourth-order valence-corrected chi connectivity index (χ4v) is 3.09. The fourth-order valence-electron chi connectivity index (χ4n) is 1.58. The van der Waals surface area contributed by atoms with Crippen LogP contribution in [0.3, 0.4) is 0 Å². The molecule has 19 heavy (non-hydrogen) atoms. The summed E-state index contributed by atoms with van der Waals surface area (Å²) in [6, 6.07) is 6.46. The van der Waals surface area contributed by atoms with E-state index in [1.807, 2.05) is 0 Å². The summed E-state index contributed by atoms with van der Waals surface area (Å²) in [5.74, 6) is 0. The number of benzene rings is 1. The van der Waals surface area contributed by atoms with Crippen LogP contribution in [0.5, 0.6) is 0 Å². The third-order valence-electron chi connectivity index (χ3n) is 2.57. The van der Waals surface area contributed by atoms with Crippen molar-refractivity contribution in [3.8, 4) is 0 Å². The van der Waals surface area contributed by atoms with Crippen LogP contribution in [0.15, 0.2) is 29.3 Å². The summed E-state index contributed by atoms with van der Waals surface area (Å²) in [7, 11) is -3.89. The summed E-state index contributed by atoms with van der Waals surface area (Å²) in [6.07, 6.45) is 0. The largest absolute Gasteiger partial charge is 0.392 e. The van der Waals surface area contributed by atoms with E-state index >= 15 is 0 Å². The van der Waals surface area contributed by atoms with Crippen LogP contribution < -0.4 is 4.72 Å². The Labute approximate surface area is 115 Å². The fraction of sp³-hybridized carbons (Fsp3) is 0.182. The van der Waals surface area contributed by atoms with Crippen molar-refractivity contribution in [3.63, 3.8) is 0 Å². The smallest absolute Gasteiger partial charge is 0.281 e. The topological polar surface area (TPSA) is 95.1 Å². The molecule has 0 spiro atoms. The first kappa shape index (κ1) is 13.9. The van der Waals surface area contributed by atoms with E-state index in [1.165, 1.54) is 6.07 Å². The third-order valence-corrected chi connectivity index (χ3v) is 4.23. The lowest BCUT2D eigenvalue weighted by molar-refractivity contribution is 0.277. The SMILES string of the molecule is Cc1[nH]nc(S(=O)(=O)Nc2ccccc2Cl)c1CO. The molecular weight excluding hydrogens is 290 g/mol. The van der Waals surface area contributed by atoms with Crippen LogP contribution in [0.4, 0.5) is 5.69 Å². The molecule has 0 aliphatic rings. The van der Waals surface area contributed by atoms with Gasteiger partial charge in [0.25, 0.3) is 10.0 Å². The number of aromatic nitrogens is 2. The van der Waals surface area contributed by atoms with Gasteiger partial charge in [0.15, 0.2) is 0 Å². The molecule has 3 N–H and O–H groups in total. The molecule has 0 aliphatic carbocycles. The van der Waals surface area contributed by atoms with Gasteiger partial charge in [-0.2, -0.15) is 13.5 Å². The number of nitrogens with one attached hydrogen (secondary N) is 2. The molecule has 0 aliphatic heterocycles. The molecule has 6 nitrogen and oxygen atoms in total. The Morgan fingerprint density at radius 1 is 1.42 bits per heavy atom. The Bertz CT molecular complexity index is 697. The van der Waals surface area contributed by atoms with Crippen molar-refractivity contribution in [2.75, 3.05) is 4.72 Å². The van der Waals surface area contributed by atoms with E-state index in [0.717, 1.165) is 0 Å². The van der Waals surface area contributed by atoms with Crippen molar-refractivity contribution < 1.29 is 13.5 Å². The van der Waals surface area contributed by atoms with Gasteiger partial charge in [-0.25, -0.2) is 0 Å². The molecule has 0 bridgehead atoms. The van der Waals surface area contributed by atoms with Gasteiger partial charge < -0.3 is 5.11 Å². The number of para-hydroxylation sites is 1. The number of sulfonamides is 1. The zero-order valence-corrected chi connectivity index (χ0v) is 11.6. The van der Waals surface area contributed by atoms with Crippen LogP contribution in [-0.2, 0) is 16.6 Å². The molecule has 0 fully saturated rings. The maximum absolute atomic E-state index is 12.2. The third kappa shape index (κ3) is 2.73. The van der Waals surface area contributed by atoms with E-state index in [9.17, 15) is 13.5 Å². The summed E-state index contributed by atoms with van der Waals surface area (Å²) in [4.78, 5) is 0. The van der Waals surface area contributed by atoms with Crippen LogP contribution in [-0.4, -0.2) is 23.7 Å². The molecule has 0 saturated carbocycles.